The number of hydrogen-bond donors (Lipinski definition) is 6. The van der Waals surface area contributed by atoms with Crippen LogP contribution >= 0.6 is 0 Å². The molecule has 0 bridgehead atoms. The highest BCUT2D eigenvalue weighted by Gasteiger charge is 2.61. The number of phenols is 1. The first-order valence-corrected chi connectivity index (χ1v) is 14.6. The second kappa shape index (κ2) is 11.5. The van der Waals surface area contributed by atoms with E-state index >= 15 is 0 Å². The van der Waals surface area contributed by atoms with Crippen LogP contribution in [0.2, 0.25) is 0 Å². The monoisotopic (exact) mass is 590 g/mol. The predicted molar refractivity (Wildman–Crippen MR) is 164 cm³/mol. The molecule has 0 heterocycles. The number of rotatable bonds is 8. The molecule has 0 radical (unpaired) electrons. The van der Waals surface area contributed by atoms with Crippen molar-refractivity contribution in [3.63, 3.8) is 0 Å². The lowest BCUT2D eigenvalue weighted by atomic mass is 9.57. The molecule has 0 saturated heterocycles. The molecule has 2 aliphatic carbocycles. The molecule has 2 aromatic carbocycles. The van der Waals surface area contributed by atoms with E-state index in [1.165, 1.54) is 0 Å². The van der Waals surface area contributed by atoms with Crippen molar-refractivity contribution in [2.75, 3.05) is 11.9 Å². The second-order valence-corrected chi connectivity index (χ2v) is 13.4. The maximum absolute atomic E-state index is 13.4. The fourth-order valence-corrected chi connectivity index (χ4v) is 6.56. The lowest BCUT2D eigenvalue weighted by molar-refractivity contribution is -0.149. The van der Waals surface area contributed by atoms with Crippen LogP contribution in [0.5, 0.6) is 5.75 Å². The predicted octanol–water partition coefficient (Wildman–Crippen LogP) is 4.90. The average molecular weight is 591 g/mol. The Labute approximate surface area is 252 Å². The highest BCUT2D eigenvalue weighted by Crippen LogP contribution is 2.52. The molecule has 2 aliphatic rings. The zero-order valence-electron chi connectivity index (χ0n) is 25.6. The number of amides is 1. The van der Waals surface area contributed by atoms with Gasteiger partial charge in [0.15, 0.2) is 5.60 Å². The van der Waals surface area contributed by atoms with E-state index < -0.39 is 52.1 Å². The first kappa shape index (κ1) is 31.8. The Balaban J connectivity index is 1.79. The first-order chi connectivity index (χ1) is 20.0. The van der Waals surface area contributed by atoms with Gasteiger partial charge in [-0.25, -0.2) is 0 Å². The summed E-state index contributed by atoms with van der Waals surface area (Å²) in [6, 6.07) is 11.3. The van der Waals surface area contributed by atoms with Crippen LogP contribution in [0, 0.1) is 36.0 Å². The molecule has 230 valence electrons. The van der Waals surface area contributed by atoms with Gasteiger partial charge in [0, 0.05) is 29.6 Å². The maximum Gasteiger partial charge on any atom is 0.255 e. The lowest BCUT2D eigenvalue weighted by Crippen LogP contribution is -2.60. The van der Waals surface area contributed by atoms with Gasteiger partial charge in [-0.2, -0.15) is 0 Å². The third-order valence-corrected chi connectivity index (χ3v) is 8.86. The molecule has 2 aromatic rings. The highest BCUT2D eigenvalue weighted by molar-refractivity contribution is 6.24. The van der Waals surface area contributed by atoms with Crippen molar-refractivity contribution < 1.29 is 34.8 Å². The van der Waals surface area contributed by atoms with Gasteiger partial charge < -0.3 is 31.5 Å². The molecule has 2 unspecified atom stereocenters. The number of aldehydes is 1. The molecule has 4 atom stereocenters. The molecule has 0 saturated carbocycles. The number of aromatic hydroxyl groups is 1. The Morgan fingerprint density at radius 1 is 1.12 bits per heavy atom. The number of primary amides is 1. The number of nitrogens with one attached hydrogen (secondary N) is 1. The molecule has 9 nitrogen and oxygen atoms in total. The van der Waals surface area contributed by atoms with E-state index in [-0.39, 0.29) is 35.5 Å². The number of carbonyl (C=O) groups excluding carboxylic acids is 3. The summed E-state index contributed by atoms with van der Waals surface area (Å²) in [5.74, 6) is -6.68. The number of nitrogens with two attached hydrogens (primary N) is 1. The van der Waals surface area contributed by atoms with Gasteiger partial charge in [0.05, 0.1) is 0 Å². The number of ketones is 1. The van der Waals surface area contributed by atoms with Gasteiger partial charge in [-0.05, 0) is 77.5 Å². The molecule has 0 spiro atoms. The summed E-state index contributed by atoms with van der Waals surface area (Å²) in [4.78, 5) is 37.9. The van der Waals surface area contributed by atoms with E-state index in [0.29, 0.717) is 11.8 Å². The molecule has 0 aliphatic heterocycles. The zero-order valence-corrected chi connectivity index (χ0v) is 25.6. The fourth-order valence-electron chi connectivity index (χ4n) is 6.56. The first-order valence-electron chi connectivity index (χ1n) is 14.6. The quantitative estimate of drug-likeness (QED) is 0.186. The van der Waals surface area contributed by atoms with E-state index in [1.807, 2.05) is 24.3 Å². The van der Waals surface area contributed by atoms with Crippen LogP contribution in [0.15, 0.2) is 59.1 Å². The summed E-state index contributed by atoms with van der Waals surface area (Å²) in [7, 11) is 0. The van der Waals surface area contributed by atoms with Gasteiger partial charge in [0.2, 0.25) is 5.78 Å². The summed E-state index contributed by atoms with van der Waals surface area (Å²) in [5, 5.41) is 48.1. The zero-order chi connectivity index (χ0) is 32.0. The SMILES string of the molecule is Cc1c(O)ccc(-c2ccc(NCC(C)(C)C)cc2)c1CC1C[C@H]2C(C(C)C)C(O)=C(C(N)=O)C(=O)[C@@]2(O)C(O)=C1C=O. The number of aliphatic hydroxyl groups excluding tert-OH is 2. The van der Waals surface area contributed by atoms with Crippen molar-refractivity contribution in [1.29, 1.82) is 0 Å². The topological polar surface area (TPSA) is 170 Å². The molecule has 4 rings (SSSR count). The van der Waals surface area contributed by atoms with Crippen LogP contribution in [-0.2, 0) is 20.8 Å². The Morgan fingerprint density at radius 2 is 1.74 bits per heavy atom. The van der Waals surface area contributed by atoms with Gasteiger partial charge in [0.1, 0.15) is 29.1 Å². The molecule has 0 aromatic heterocycles. The van der Waals surface area contributed by atoms with Crippen LogP contribution < -0.4 is 11.1 Å². The van der Waals surface area contributed by atoms with E-state index in [2.05, 4.69) is 26.1 Å². The number of hydrogen-bond acceptors (Lipinski definition) is 8. The van der Waals surface area contributed by atoms with Crippen molar-refractivity contribution in [2.45, 2.75) is 60.0 Å². The number of aliphatic hydroxyl groups is 3. The summed E-state index contributed by atoms with van der Waals surface area (Å²) in [6.45, 7) is 12.5. The molecule has 9 heteroatoms. The largest absolute Gasteiger partial charge is 0.511 e. The number of allylic oxidation sites excluding steroid dienone is 2. The van der Waals surface area contributed by atoms with Crippen LogP contribution in [0.1, 0.15) is 52.2 Å². The minimum atomic E-state index is -2.59. The average Bonchev–Trinajstić information content (AvgIpc) is 2.92. The standard InChI is InChI=1S/C34H42N2O7/c1-17(2)27-25-14-20(24(15-37)30(40)34(25,43)31(41)28(29(27)39)32(35)42)13-23-18(3)26(38)12-11-22(23)19-7-9-21(10-8-19)36-16-33(4,5)6/h7-12,15,17,20,25,27,36,38-40,43H,13-14,16H2,1-6H3,(H2,35,42)/t20?,25-,27?,34-/m0/s1. The maximum atomic E-state index is 13.4. The third-order valence-electron chi connectivity index (χ3n) is 8.86. The number of phenolic OH excluding ortho intramolecular Hbond substituents is 1. The van der Waals surface area contributed by atoms with Crippen LogP contribution in [0.4, 0.5) is 5.69 Å². The normalized spacial score (nSPS) is 24.3. The number of anilines is 1. The minimum absolute atomic E-state index is 0.0452. The van der Waals surface area contributed by atoms with Crippen LogP contribution in [-0.4, -0.2) is 50.5 Å². The smallest absolute Gasteiger partial charge is 0.255 e. The Kier molecular flexibility index (Phi) is 8.53. The van der Waals surface area contributed by atoms with E-state index in [0.717, 1.165) is 28.9 Å². The highest BCUT2D eigenvalue weighted by atomic mass is 16.3. The Bertz CT molecular complexity index is 1510. The summed E-state index contributed by atoms with van der Waals surface area (Å²) < 4.78 is 0. The van der Waals surface area contributed by atoms with E-state index in [9.17, 15) is 34.8 Å². The van der Waals surface area contributed by atoms with Crippen molar-refractivity contribution in [3.8, 4) is 16.9 Å². The van der Waals surface area contributed by atoms with Crippen molar-refractivity contribution in [2.24, 2.45) is 34.8 Å². The van der Waals surface area contributed by atoms with Crippen LogP contribution in [0.3, 0.4) is 0 Å². The number of fused-ring (bicyclic) bond motifs is 1. The molecule has 0 fully saturated rings. The summed E-state index contributed by atoms with van der Waals surface area (Å²) in [5.41, 5.74) is 5.97. The third kappa shape index (κ3) is 5.66. The molecular weight excluding hydrogens is 548 g/mol. The molecule has 43 heavy (non-hydrogen) atoms. The Morgan fingerprint density at radius 3 is 2.28 bits per heavy atom. The van der Waals surface area contributed by atoms with Crippen LogP contribution in [0.25, 0.3) is 11.1 Å². The van der Waals surface area contributed by atoms with Gasteiger partial charge in [-0.1, -0.05) is 52.8 Å². The van der Waals surface area contributed by atoms with Gasteiger partial charge in [-0.15, -0.1) is 0 Å². The molecule has 1 amide bonds. The van der Waals surface area contributed by atoms with Gasteiger partial charge in [0.25, 0.3) is 5.91 Å². The lowest BCUT2D eigenvalue weighted by Gasteiger charge is -2.48. The second-order valence-electron chi connectivity index (χ2n) is 13.4. The van der Waals surface area contributed by atoms with Crippen molar-refractivity contribution >= 4 is 23.7 Å². The van der Waals surface area contributed by atoms with Gasteiger partial charge >= 0.3 is 0 Å². The fraction of sp³-hybridized carbons (Fsp3) is 0.441. The summed E-state index contributed by atoms with van der Waals surface area (Å²) in [6.07, 6.45) is 0.654. The number of benzene rings is 2. The Hall–Kier alpha value is -4.11. The number of carbonyl (C=O) groups is 3. The van der Waals surface area contributed by atoms with E-state index in [1.54, 1.807) is 32.9 Å². The molecule has 7 N–H and O–H groups in total. The van der Waals surface area contributed by atoms with Crippen molar-refractivity contribution in [1.82, 2.24) is 0 Å². The number of Topliss-reactive ketones (excluding diaryl/α,β-unsaturated/α-hetero) is 1. The summed E-state index contributed by atoms with van der Waals surface area (Å²) >= 11 is 0. The molecular formula is C34H42N2O7. The van der Waals surface area contributed by atoms with E-state index in [4.69, 9.17) is 5.73 Å². The van der Waals surface area contributed by atoms with Crippen molar-refractivity contribution in [3.05, 3.63) is 70.2 Å². The minimum Gasteiger partial charge on any atom is -0.511 e. The van der Waals surface area contributed by atoms with Gasteiger partial charge in [-0.3, -0.25) is 14.4 Å².